The molecular formula is C20H25N3O3. The number of benzene rings is 2. The fraction of sp³-hybridized carbons (Fsp3) is 0.300. The molecule has 0 bridgehead atoms. The highest BCUT2D eigenvalue weighted by Gasteiger charge is 2.16. The number of carbonyl (C=O) groups is 2. The second-order valence-electron chi connectivity index (χ2n) is 6.22. The molecule has 0 radical (unpaired) electrons. The molecule has 1 atom stereocenters. The molecule has 2 rings (SSSR count). The van der Waals surface area contributed by atoms with Crippen molar-refractivity contribution in [1.82, 2.24) is 4.90 Å². The van der Waals surface area contributed by atoms with Gasteiger partial charge in [0.1, 0.15) is 12.4 Å². The Bertz CT molecular complexity index is 715. The maximum Gasteiger partial charge on any atom is 0.241 e. The Morgan fingerprint density at radius 3 is 2.35 bits per heavy atom. The van der Waals surface area contributed by atoms with Crippen molar-refractivity contribution >= 4 is 17.5 Å². The number of rotatable bonds is 8. The van der Waals surface area contributed by atoms with E-state index in [0.717, 1.165) is 5.56 Å². The van der Waals surface area contributed by atoms with Crippen LogP contribution in [0.4, 0.5) is 5.69 Å². The number of hydrogen-bond donors (Lipinski definition) is 2. The van der Waals surface area contributed by atoms with Crippen LogP contribution in [0.5, 0.6) is 5.75 Å². The Hall–Kier alpha value is -2.86. The summed E-state index contributed by atoms with van der Waals surface area (Å²) in [4.78, 5) is 25.1. The standard InChI is InChI=1S/C20H25N3O3/c1-23(2)19(24)13-12-18(21)20(25)22-16-8-10-17(11-9-16)26-14-15-6-4-3-5-7-15/h3-11,18H,12-14,21H2,1-2H3,(H,22,25)/t18-/m1/s1. The van der Waals surface area contributed by atoms with Crippen LogP contribution in [0.1, 0.15) is 18.4 Å². The third-order valence-corrected chi connectivity index (χ3v) is 3.87. The SMILES string of the molecule is CN(C)C(=O)CC[C@@H](N)C(=O)Nc1ccc(OCc2ccccc2)cc1. The van der Waals surface area contributed by atoms with Gasteiger partial charge in [0.2, 0.25) is 11.8 Å². The summed E-state index contributed by atoms with van der Waals surface area (Å²) in [5.74, 6) is 0.357. The number of amides is 2. The molecule has 0 heterocycles. The van der Waals surface area contributed by atoms with E-state index in [-0.39, 0.29) is 18.2 Å². The first-order valence-electron chi connectivity index (χ1n) is 8.49. The van der Waals surface area contributed by atoms with E-state index >= 15 is 0 Å². The largest absolute Gasteiger partial charge is 0.489 e. The summed E-state index contributed by atoms with van der Waals surface area (Å²) in [6, 6.07) is 16.3. The third-order valence-electron chi connectivity index (χ3n) is 3.87. The highest BCUT2D eigenvalue weighted by atomic mass is 16.5. The van der Waals surface area contributed by atoms with E-state index in [4.69, 9.17) is 10.5 Å². The van der Waals surface area contributed by atoms with Crippen LogP contribution >= 0.6 is 0 Å². The fourth-order valence-electron chi connectivity index (χ4n) is 2.24. The molecule has 2 aromatic rings. The van der Waals surface area contributed by atoms with E-state index in [0.29, 0.717) is 24.5 Å². The lowest BCUT2D eigenvalue weighted by Crippen LogP contribution is -2.36. The van der Waals surface area contributed by atoms with Crippen molar-refractivity contribution in [2.75, 3.05) is 19.4 Å². The van der Waals surface area contributed by atoms with Gasteiger partial charge < -0.3 is 20.7 Å². The lowest BCUT2D eigenvalue weighted by molar-refractivity contribution is -0.129. The molecule has 6 heteroatoms. The van der Waals surface area contributed by atoms with Gasteiger partial charge in [0.15, 0.2) is 0 Å². The Labute approximate surface area is 153 Å². The number of anilines is 1. The molecule has 3 N–H and O–H groups in total. The van der Waals surface area contributed by atoms with Crippen LogP contribution < -0.4 is 15.8 Å². The Balaban J connectivity index is 1.80. The van der Waals surface area contributed by atoms with Gasteiger partial charge in [-0.25, -0.2) is 0 Å². The van der Waals surface area contributed by atoms with E-state index < -0.39 is 6.04 Å². The molecule has 0 unspecified atom stereocenters. The van der Waals surface area contributed by atoms with Crippen LogP contribution in [0.3, 0.4) is 0 Å². The number of hydrogen-bond acceptors (Lipinski definition) is 4. The first-order chi connectivity index (χ1) is 12.5. The van der Waals surface area contributed by atoms with Crippen LogP contribution in [0.15, 0.2) is 54.6 Å². The Morgan fingerprint density at radius 2 is 1.73 bits per heavy atom. The molecule has 0 aliphatic carbocycles. The van der Waals surface area contributed by atoms with Crippen molar-refractivity contribution in [2.24, 2.45) is 5.73 Å². The van der Waals surface area contributed by atoms with Gasteiger partial charge in [0.25, 0.3) is 0 Å². The Morgan fingerprint density at radius 1 is 1.08 bits per heavy atom. The molecule has 6 nitrogen and oxygen atoms in total. The number of nitrogens with one attached hydrogen (secondary N) is 1. The summed E-state index contributed by atoms with van der Waals surface area (Å²) >= 11 is 0. The zero-order valence-corrected chi connectivity index (χ0v) is 15.1. The van der Waals surface area contributed by atoms with Crippen LogP contribution in [0.2, 0.25) is 0 Å². The lowest BCUT2D eigenvalue weighted by Gasteiger charge is -2.14. The average molecular weight is 355 g/mol. The molecule has 0 fully saturated rings. The minimum Gasteiger partial charge on any atom is -0.489 e. The van der Waals surface area contributed by atoms with Gasteiger partial charge in [-0.15, -0.1) is 0 Å². The zero-order chi connectivity index (χ0) is 18.9. The van der Waals surface area contributed by atoms with Gasteiger partial charge >= 0.3 is 0 Å². The normalized spacial score (nSPS) is 11.5. The maximum atomic E-state index is 12.1. The first-order valence-corrected chi connectivity index (χ1v) is 8.49. The number of nitrogens with zero attached hydrogens (tertiary/aromatic N) is 1. The summed E-state index contributed by atoms with van der Waals surface area (Å²) in [6.07, 6.45) is 0.551. The van der Waals surface area contributed by atoms with Crippen LogP contribution in [0, 0.1) is 0 Å². The van der Waals surface area contributed by atoms with Gasteiger partial charge in [0, 0.05) is 26.2 Å². The monoisotopic (exact) mass is 355 g/mol. The molecule has 0 aromatic heterocycles. The third kappa shape index (κ3) is 6.22. The van der Waals surface area contributed by atoms with Crippen molar-refractivity contribution in [3.05, 3.63) is 60.2 Å². The lowest BCUT2D eigenvalue weighted by atomic mass is 10.1. The molecule has 2 aromatic carbocycles. The van der Waals surface area contributed by atoms with Crippen molar-refractivity contribution < 1.29 is 14.3 Å². The van der Waals surface area contributed by atoms with E-state index in [9.17, 15) is 9.59 Å². The van der Waals surface area contributed by atoms with Crippen molar-refractivity contribution in [3.8, 4) is 5.75 Å². The van der Waals surface area contributed by atoms with Gasteiger partial charge in [-0.05, 0) is 36.2 Å². The van der Waals surface area contributed by atoms with E-state index in [1.807, 2.05) is 30.3 Å². The second kappa shape index (κ2) is 9.58. The van der Waals surface area contributed by atoms with Crippen LogP contribution in [-0.2, 0) is 16.2 Å². The molecule has 0 aliphatic rings. The summed E-state index contributed by atoms with van der Waals surface area (Å²) < 4.78 is 5.71. The topological polar surface area (TPSA) is 84.7 Å². The van der Waals surface area contributed by atoms with Crippen LogP contribution in [-0.4, -0.2) is 36.9 Å². The van der Waals surface area contributed by atoms with E-state index in [1.54, 1.807) is 38.4 Å². The highest BCUT2D eigenvalue weighted by Crippen LogP contribution is 2.17. The number of carbonyl (C=O) groups excluding carboxylic acids is 2. The predicted molar refractivity (Wildman–Crippen MR) is 102 cm³/mol. The zero-order valence-electron chi connectivity index (χ0n) is 15.1. The average Bonchev–Trinajstić information content (AvgIpc) is 2.65. The maximum absolute atomic E-state index is 12.1. The quantitative estimate of drug-likeness (QED) is 0.761. The minimum absolute atomic E-state index is 0.0480. The van der Waals surface area contributed by atoms with Gasteiger partial charge in [-0.3, -0.25) is 9.59 Å². The molecule has 0 saturated carbocycles. The van der Waals surface area contributed by atoms with Crippen LogP contribution in [0.25, 0.3) is 0 Å². The van der Waals surface area contributed by atoms with Gasteiger partial charge in [0.05, 0.1) is 6.04 Å². The van der Waals surface area contributed by atoms with Gasteiger partial charge in [-0.1, -0.05) is 30.3 Å². The summed E-state index contributed by atoms with van der Waals surface area (Å²) in [6.45, 7) is 0.483. The van der Waals surface area contributed by atoms with Crippen molar-refractivity contribution in [1.29, 1.82) is 0 Å². The summed E-state index contributed by atoms with van der Waals surface area (Å²) in [5, 5.41) is 2.75. The first kappa shape index (κ1) is 19.5. The smallest absolute Gasteiger partial charge is 0.241 e. The molecule has 0 aliphatic heterocycles. The molecule has 26 heavy (non-hydrogen) atoms. The summed E-state index contributed by atoms with van der Waals surface area (Å²) in [7, 11) is 3.35. The fourth-order valence-corrected chi connectivity index (χ4v) is 2.24. The molecular weight excluding hydrogens is 330 g/mol. The highest BCUT2D eigenvalue weighted by molar-refractivity contribution is 5.95. The van der Waals surface area contributed by atoms with Gasteiger partial charge in [-0.2, -0.15) is 0 Å². The van der Waals surface area contributed by atoms with Crippen molar-refractivity contribution in [2.45, 2.75) is 25.5 Å². The number of nitrogens with two attached hydrogens (primary N) is 1. The summed E-state index contributed by atoms with van der Waals surface area (Å²) in [5.41, 5.74) is 7.57. The minimum atomic E-state index is -0.729. The van der Waals surface area contributed by atoms with Crippen molar-refractivity contribution in [3.63, 3.8) is 0 Å². The second-order valence-corrected chi connectivity index (χ2v) is 6.22. The van der Waals surface area contributed by atoms with E-state index in [1.165, 1.54) is 4.90 Å². The molecule has 0 spiro atoms. The predicted octanol–water partition coefficient (Wildman–Crippen LogP) is 2.40. The molecule has 138 valence electrons. The Kier molecular flexibility index (Phi) is 7.17. The number of ether oxygens (including phenoxy) is 1. The molecule has 0 saturated heterocycles. The van der Waals surface area contributed by atoms with E-state index in [2.05, 4.69) is 5.32 Å². The molecule has 2 amide bonds.